The van der Waals surface area contributed by atoms with Crippen molar-refractivity contribution in [2.45, 2.75) is 6.42 Å². The quantitative estimate of drug-likeness (QED) is 0.301. The highest BCUT2D eigenvalue weighted by molar-refractivity contribution is 6.35. The van der Waals surface area contributed by atoms with Crippen LogP contribution in [0.5, 0.6) is 0 Å². The number of halogens is 2. The summed E-state index contributed by atoms with van der Waals surface area (Å²) in [7, 11) is 0. The van der Waals surface area contributed by atoms with Crippen molar-refractivity contribution in [3.8, 4) is 0 Å². The van der Waals surface area contributed by atoms with E-state index < -0.39 is 23.4 Å². The number of nitro groups is 1. The maximum absolute atomic E-state index is 11.7. The molecular weight excluding hydrogens is 407 g/mol. The van der Waals surface area contributed by atoms with Gasteiger partial charge in [-0.3, -0.25) is 14.9 Å². The minimum absolute atomic E-state index is 0.0873. The monoisotopic (exact) mass is 422 g/mol. The van der Waals surface area contributed by atoms with Crippen LogP contribution in [0.3, 0.4) is 0 Å². The molecule has 0 aliphatic carbocycles. The van der Waals surface area contributed by atoms with E-state index in [1.807, 2.05) is 0 Å². The van der Waals surface area contributed by atoms with E-state index in [0.29, 0.717) is 28.6 Å². The zero-order valence-electron chi connectivity index (χ0n) is 14.6. The van der Waals surface area contributed by atoms with Crippen molar-refractivity contribution in [3.63, 3.8) is 0 Å². The van der Waals surface area contributed by atoms with Crippen LogP contribution in [0.4, 0.5) is 5.69 Å². The van der Waals surface area contributed by atoms with E-state index in [0.717, 1.165) is 11.6 Å². The Bertz CT molecular complexity index is 915. The largest absolute Gasteiger partial charge is 0.452 e. The Morgan fingerprint density at radius 1 is 1.18 bits per heavy atom. The van der Waals surface area contributed by atoms with Crippen LogP contribution in [0.1, 0.15) is 11.1 Å². The number of amides is 1. The van der Waals surface area contributed by atoms with Crippen molar-refractivity contribution in [3.05, 3.63) is 79.8 Å². The predicted octanol–water partition coefficient (Wildman–Crippen LogP) is 3.82. The number of nitrogens with zero attached hydrogens (tertiary/aromatic N) is 1. The average molecular weight is 423 g/mol. The molecule has 2 aromatic carbocycles. The van der Waals surface area contributed by atoms with Gasteiger partial charge in [0.2, 0.25) is 0 Å². The first-order valence-electron chi connectivity index (χ1n) is 8.15. The molecule has 0 aliphatic heterocycles. The van der Waals surface area contributed by atoms with Crippen LogP contribution in [-0.4, -0.2) is 30.0 Å². The molecule has 0 unspecified atom stereocenters. The Labute approximate surface area is 171 Å². The molecule has 0 radical (unpaired) electrons. The summed E-state index contributed by atoms with van der Waals surface area (Å²) in [5.41, 5.74) is 1.22. The van der Waals surface area contributed by atoms with E-state index in [9.17, 15) is 19.7 Å². The zero-order chi connectivity index (χ0) is 20.5. The van der Waals surface area contributed by atoms with E-state index in [1.165, 1.54) is 24.3 Å². The normalized spacial score (nSPS) is 10.6. The van der Waals surface area contributed by atoms with Gasteiger partial charge in [0, 0.05) is 34.8 Å². The van der Waals surface area contributed by atoms with Gasteiger partial charge in [-0.05, 0) is 35.8 Å². The molecule has 1 N–H and O–H groups in total. The molecular formula is C19H16Cl2N2O5. The number of hydrogen-bond acceptors (Lipinski definition) is 5. The molecule has 0 atom stereocenters. The summed E-state index contributed by atoms with van der Waals surface area (Å²) in [5.74, 6) is -1.19. The molecule has 0 aliphatic rings. The molecule has 0 aromatic heterocycles. The fourth-order valence-corrected chi connectivity index (χ4v) is 2.71. The number of ether oxygens (including phenoxy) is 1. The number of esters is 1. The van der Waals surface area contributed by atoms with Gasteiger partial charge in [-0.1, -0.05) is 41.4 Å². The first kappa shape index (κ1) is 21.4. The van der Waals surface area contributed by atoms with Crippen molar-refractivity contribution in [2.75, 3.05) is 13.2 Å². The molecule has 9 heteroatoms. The number of hydrogen-bond donors (Lipinski definition) is 1. The average Bonchev–Trinajstić information content (AvgIpc) is 2.66. The first-order chi connectivity index (χ1) is 13.3. The Hall–Kier alpha value is -2.90. The van der Waals surface area contributed by atoms with Crippen LogP contribution in [0.15, 0.2) is 48.5 Å². The van der Waals surface area contributed by atoms with Crippen LogP contribution < -0.4 is 5.32 Å². The van der Waals surface area contributed by atoms with Gasteiger partial charge in [-0.15, -0.1) is 0 Å². The summed E-state index contributed by atoms with van der Waals surface area (Å²) < 4.78 is 4.83. The molecule has 7 nitrogen and oxygen atoms in total. The van der Waals surface area contributed by atoms with E-state index in [1.54, 1.807) is 24.3 Å². The highest BCUT2D eigenvalue weighted by Crippen LogP contribution is 2.21. The van der Waals surface area contributed by atoms with Gasteiger partial charge in [-0.25, -0.2) is 4.79 Å². The van der Waals surface area contributed by atoms with Crippen molar-refractivity contribution in [1.29, 1.82) is 0 Å². The molecule has 28 heavy (non-hydrogen) atoms. The topological polar surface area (TPSA) is 98.5 Å². The molecule has 0 heterocycles. The highest BCUT2D eigenvalue weighted by Gasteiger charge is 2.07. The van der Waals surface area contributed by atoms with Gasteiger partial charge in [0.1, 0.15) is 0 Å². The Morgan fingerprint density at radius 3 is 2.68 bits per heavy atom. The predicted molar refractivity (Wildman–Crippen MR) is 106 cm³/mol. The second-order valence-corrected chi connectivity index (χ2v) is 6.47. The summed E-state index contributed by atoms with van der Waals surface area (Å²) >= 11 is 11.9. The minimum Gasteiger partial charge on any atom is -0.452 e. The number of nitrogens with one attached hydrogen (secondary N) is 1. The van der Waals surface area contributed by atoms with Crippen LogP contribution >= 0.6 is 23.2 Å². The Kier molecular flexibility index (Phi) is 7.98. The van der Waals surface area contributed by atoms with Crippen LogP contribution in [-0.2, 0) is 20.7 Å². The van der Waals surface area contributed by atoms with E-state index in [2.05, 4.69) is 5.32 Å². The Morgan fingerprint density at radius 2 is 1.96 bits per heavy atom. The summed E-state index contributed by atoms with van der Waals surface area (Å²) in [6.45, 7) is -0.117. The first-order valence-corrected chi connectivity index (χ1v) is 8.90. The number of carbonyl (C=O) groups excluding carboxylic acids is 2. The zero-order valence-corrected chi connectivity index (χ0v) is 16.1. The number of rotatable bonds is 8. The lowest BCUT2D eigenvalue weighted by molar-refractivity contribution is -0.384. The molecule has 0 saturated carbocycles. The van der Waals surface area contributed by atoms with Crippen molar-refractivity contribution in [1.82, 2.24) is 5.32 Å². The van der Waals surface area contributed by atoms with E-state index >= 15 is 0 Å². The molecule has 146 valence electrons. The third-order valence-electron chi connectivity index (χ3n) is 3.57. The fourth-order valence-electron chi connectivity index (χ4n) is 2.20. The van der Waals surface area contributed by atoms with Gasteiger partial charge in [0.25, 0.3) is 11.6 Å². The summed E-state index contributed by atoms with van der Waals surface area (Å²) in [4.78, 5) is 33.6. The molecule has 2 aromatic rings. The van der Waals surface area contributed by atoms with Crippen LogP contribution in [0, 0.1) is 10.1 Å². The van der Waals surface area contributed by atoms with Crippen LogP contribution in [0.25, 0.3) is 6.08 Å². The third kappa shape index (κ3) is 7.02. The highest BCUT2D eigenvalue weighted by atomic mass is 35.5. The van der Waals surface area contributed by atoms with E-state index in [-0.39, 0.29) is 5.69 Å². The van der Waals surface area contributed by atoms with Gasteiger partial charge in [-0.2, -0.15) is 0 Å². The van der Waals surface area contributed by atoms with Gasteiger partial charge in [0.15, 0.2) is 6.61 Å². The SMILES string of the molecule is O=C(COC(=O)/C=C/c1cccc([N+](=O)[O-])c1)NCCc1ccc(Cl)cc1Cl. The lowest BCUT2D eigenvalue weighted by Crippen LogP contribution is -2.30. The molecule has 2 rings (SSSR count). The number of benzene rings is 2. The molecule has 0 spiro atoms. The van der Waals surface area contributed by atoms with Gasteiger partial charge < -0.3 is 10.1 Å². The molecule has 1 amide bonds. The van der Waals surface area contributed by atoms with Gasteiger partial charge >= 0.3 is 5.97 Å². The lowest BCUT2D eigenvalue weighted by Gasteiger charge is -2.07. The second-order valence-electron chi connectivity index (χ2n) is 5.63. The molecule has 0 fully saturated rings. The summed E-state index contributed by atoms with van der Waals surface area (Å²) in [6.07, 6.45) is 2.97. The van der Waals surface area contributed by atoms with Crippen molar-refractivity contribution >= 4 is 46.8 Å². The van der Waals surface area contributed by atoms with Crippen molar-refractivity contribution < 1.29 is 19.2 Å². The van der Waals surface area contributed by atoms with Crippen LogP contribution in [0.2, 0.25) is 10.0 Å². The minimum atomic E-state index is -0.734. The second kappa shape index (κ2) is 10.4. The Balaban J connectivity index is 1.74. The number of nitro benzene ring substituents is 1. The standard InChI is InChI=1S/C19H16Cl2N2O5/c20-15-6-5-14(17(21)11-15)8-9-22-18(24)12-28-19(25)7-4-13-2-1-3-16(10-13)23(26)27/h1-7,10-11H,8-9,12H2,(H,22,24)/b7-4+. The smallest absolute Gasteiger partial charge is 0.331 e. The third-order valence-corrected chi connectivity index (χ3v) is 4.16. The maximum atomic E-state index is 11.7. The van der Waals surface area contributed by atoms with Gasteiger partial charge in [0.05, 0.1) is 4.92 Å². The van der Waals surface area contributed by atoms with E-state index in [4.69, 9.17) is 27.9 Å². The van der Waals surface area contributed by atoms with Crippen molar-refractivity contribution in [2.24, 2.45) is 0 Å². The number of non-ortho nitro benzene ring substituents is 1. The lowest BCUT2D eigenvalue weighted by atomic mass is 10.1. The summed E-state index contributed by atoms with van der Waals surface area (Å²) in [6, 6.07) is 10.9. The summed E-state index contributed by atoms with van der Waals surface area (Å²) in [5, 5.41) is 14.4. The molecule has 0 bridgehead atoms. The molecule has 0 saturated heterocycles. The maximum Gasteiger partial charge on any atom is 0.331 e. The fraction of sp³-hybridized carbons (Fsp3) is 0.158. The number of carbonyl (C=O) groups is 2.